The molecule has 19 heavy (non-hydrogen) atoms. The van der Waals surface area contributed by atoms with Crippen LogP contribution in [0, 0.1) is 6.92 Å². The number of nitrogens with zero attached hydrogens (tertiary/aromatic N) is 1. The van der Waals surface area contributed by atoms with Crippen LogP contribution in [0.15, 0.2) is 29.2 Å². The molecule has 0 aliphatic heterocycles. The molecule has 4 nitrogen and oxygen atoms in total. The number of hydrogen-bond acceptors (Lipinski definition) is 4. The lowest BCUT2D eigenvalue weighted by Crippen LogP contribution is -2.33. The normalized spacial score (nSPS) is 13.7. The largest absolute Gasteiger partial charge is 0.395 e. The van der Waals surface area contributed by atoms with Crippen molar-refractivity contribution >= 4 is 9.84 Å². The molecule has 0 bridgehead atoms. The van der Waals surface area contributed by atoms with E-state index < -0.39 is 9.84 Å². The van der Waals surface area contributed by atoms with Gasteiger partial charge in [0, 0.05) is 6.04 Å². The quantitative estimate of drug-likeness (QED) is 0.824. The van der Waals surface area contributed by atoms with Crippen LogP contribution in [0.2, 0.25) is 0 Å². The van der Waals surface area contributed by atoms with Gasteiger partial charge in [-0.3, -0.25) is 0 Å². The van der Waals surface area contributed by atoms with E-state index in [1.165, 1.54) is 0 Å². The van der Waals surface area contributed by atoms with Crippen molar-refractivity contribution in [2.75, 3.05) is 26.0 Å². The molecule has 1 aromatic carbocycles. The molecule has 0 fully saturated rings. The van der Waals surface area contributed by atoms with E-state index in [1.807, 2.05) is 37.9 Å². The lowest BCUT2D eigenvalue weighted by Gasteiger charge is -2.22. The molecule has 1 atom stereocenters. The van der Waals surface area contributed by atoms with Gasteiger partial charge in [0.25, 0.3) is 0 Å². The van der Waals surface area contributed by atoms with Gasteiger partial charge < -0.3 is 10.0 Å². The van der Waals surface area contributed by atoms with Gasteiger partial charge in [0.2, 0.25) is 0 Å². The van der Waals surface area contributed by atoms with E-state index in [4.69, 9.17) is 5.11 Å². The van der Waals surface area contributed by atoms with Gasteiger partial charge in [-0.15, -0.1) is 0 Å². The van der Waals surface area contributed by atoms with Crippen LogP contribution in [0.25, 0.3) is 0 Å². The summed E-state index contributed by atoms with van der Waals surface area (Å²) in [4.78, 5) is 2.35. The summed E-state index contributed by atoms with van der Waals surface area (Å²) in [7, 11) is -1.31. The average molecular weight is 285 g/mol. The summed E-state index contributed by atoms with van der Waals surface area (Å²) in [5.74, 6) is 0.137. The van der Waals surface area contributed by atoms with Crippen LogP contribution < -0.4 is 0 Å². The zero-order chi connectivity index (χ0) is 14.5. The number of aliphatic hydroxyl groups excluding tert-OH is 1. The molecule has 1 aromatic rings. The van der Waals surface area contributed by atoms with Gasteiger partial charge in [0.05, 0.1) is 17.3 Å². The van der Waals surface area contributed by atoms with Crippen LogP contribution >= 0.6 is 0 Å². The molecule has 0 saturated carbocycles. The summed E-state index contributed by atoms with van der Waals surface area (Å²) in [5, 5.41) is 9.01. The van der Waals surface area contributed by atoms with Gasteiger partial charge in [-0.05, 0) is 46.0 Å². The zero-order valence-electron chi connectivity index (χ0n) is 11.8. The molecule has 0 spiro atoms. The zero-order valence-corrected chi connectivity index (χ0v) is 12.7. The highest BCUT2D eigenvalue weighted by atomic mass is 32.2. The third kappa shape index (κ3) is 4.93. The highest BCUT2D eigenvalue weighted by molar-refractivity contribution is 7.91. The third-order valence-electron chi connectivity index (χ3n) is 3.32. The van der Waals surface area contributed by atoms with Crippen LogP contribution in [-0.2, 0) is 9.84 Å². The van der Waals surface area contributed by atoms with Crippen molar-refractivity contribution in [3.8, 4) is 0 Å². The number of aliphatic hydroxyl groups is 1. The van der Waals surface area contributed by atoms with E-state index in [0.29, 0.717) is 17.9 Å². The molecule has 108 valence electrons. The molecule has 0 saturated heterocycles. The molecule has 1 N–H and O–H groups in total. The van der Waals surface area contributed by atoms with Crippen LogP contribution in [0.5, 0.6) is 0 Å². The number of hydrogen-bond donors (Lipinski definition) is 1. The standard InChI is InChI=1S/C14H23NO3S/c1-12-5-7-14(8-6-12)19(17,18)10-4-9-15(3)13(2)11-16/h5-8,13,16H,4,9-11H2,1-3H3. The Morgan fingerprint density at radius 3 is 2.37 bits per heavy atom. The maximum absolute atomic E-state index is 12.1. The highest BCUT2D eigenvalue weighted by Crippen LogP contribution is 2.13. The van der Waals surface area contributed by atoms with Crippen LogP contribution in [0.4, 0.5) is 0 Å². The first kappa shape index (κ1) is 16.1. The number of likely N-dealkylation sites (N-methyl/N-ethyl adjacent to an activating group) is 1. The number of benzene rings is 1. The predicted molar refractivity (Wildman–Crippen MR) is 77.0 cm³/mol. The Labute approximate surface area is 116 Å². The van der Waals surface area contributed by atoms with E-state index >= 15 is 0 Å². The summed E-state index contributed by atoms with van der Waals surface area (Å²) in [6.07, 6.45) is 0.567. The van der Waals surface area contributed by atoms with Crippen molar-refractivity contribution in [3.05, 3.63) is 29.8 Å². The lowest BCUT2D eigenvalue weighted by atomic mass is 10.2. The number of aryl methyl sites for hydroxylation is 1. The van der Waals surface area contributed by atoms with Gasteiger partial charge in [0.15, 0.2) is 9.84 Å². The van der Waals surface area contributed by atoms with E-state index in [1.54, 1.807) is 12.1 Å². The summed E-state index contributed by atoms with van der Waals surface area (Å²) >= 11 is 0. The average Bonchev–Trinajstić information content (AvgIpc) is 2.37. The number of rotatable bonds is 7. The minimum atomic E-state index is -3.19. The molecule has 1 rings (SSSR count). The fraction of sp³-hybridized carbons (Fsp3) is 0.571. The minimum Gasteiger partial charge on any atom is -0.395 e. The molecular formula is C14H23NO3S. The Balaban J connectivity index is 2.54. The van der Waals surface area contributed by atoms with E-state index in [-0.39, 0.29) is 18.4 Å². The van der Waals surface area contributed by atoms with E-state index in [9.17, 15) is 8.42 Å². The molecule has 0 aliphatic rings. The van der Waals surface area contributed by atoms with Gasteiger partial charge in [0.1, 0.15) is 0 Å². The maximum atomic E-state index is 12.1. The molecule has 0 radical (unpaired) electrons. The van der Waals surface area contributed by atoms with Crippen LogP contribution in [0.1, 0.15) is 18.9 Å². The Kier molecular flexibility index (Phi) is 5.97. The van der Waals surface area contributed by atoms with Crippen LogP contribution in [0.3, 0.4) is 0 Å². The summed E-state index contributed by atoms with van der Waals surface area (Å²) in [6.45, 7) is 4.59. The smallest absolute Gasteiger partial charge is 0.178 e. The first-order valence-corrected chi connectivity index (χ1v) is 8.12. The maximum Gasteiger partial charge on any atom is 0.178 e. The van der Waals surface area contributed by atoms with Crippen molar-refractivity contribution in [1.29, 1.82) is 0 Å². The van der Waals surface area contributed by atoms with Crippen molar-refractivity contribution in [2.45, 2.75) is 31.2 Å². The Bertz CT molecular complexity index is 482. The van der Waals surface area contributed by atoms with Gasteiger partial charge >= 0.3 is 0 Å². The first-order chi connectivity index (χ1) is 8.86. The predicted octanol–water partition coefficient (Wildman–Crippen LogP) is 1.47. The monoisotopic (exact) mass is 285 g/mol. The molecule has 0 amide bonds. The third-order valence-corrected chi connectivity index (χ3v) is 5.14. The fourth-order valence-corrected chi connectivity index (χ4v) is 3.02. The first-order valence-electron chi connectivity index (χ1n) is 6.47. The van der Waals surface area contributed by atoms with Gasteiger partial charge in [-0.2, -0.15) is 0 Å². The second kappa shape index (κ2) is 7.03. The fourth-order valence-electron chi connectivity index (χ4n) is 1.73. The Morgan fingerprint density at radius 2 is 1.84 bits per heavy atom. The minimum absolute atomic E-state index is 0.0575. The molecule has 1 unspecified atom stereocenters. The SMILES string of the molecule is Cc1ccc(S(=O)(=O)CCCN(C)C(C)CO)cc1. The molecular weight excluding hydrogens is 262 g/mol. The van der Waals surface area contributed by atoms with Gasteiger partial charge in [-0.1, -0.05) is 17.7 Å². The summed E-state index contributed by atoms with van der Waals surface area (Å²) in [5.41, 5.74) is 1.05. The van der Waals surface area contributed by atoms with Crippen molar-refractivity contribution in [2.24, 2.45) is 0 Å². The number of sulfone groups is 1. The Hall–Kier alpha value is -0.910. The Morgan fingerprint density at radius 1 is 1.26 bits per heavy atom. The van der Waals surface area contributed by atoms with E-state index in [0.717, 1.165) is 5.56 Å². The van der Waals surface area contributed by atoms with Gasteiger partial charge in [-0.25, -0.2) is 8.42 Å². The van der Waals surface area contributed by atoms with E-state index in [2.05, 4.69) is 0 Å². The molecule has 0 aliphatic carbocycles. The molecule has 0 aromatic heterocycles. The second-order valence-electron chi connectivity index (χ2n) is 5.00. The summed E-state index contributed by atoms with van der Waals surface area (Å²) in [6, 6.07) is 7.00. The van der Waals surface area contributed by atoms with Crippen molar-refractivity contribution in [1.82, 2.24) is 4.90 Å². The van der Waals surface area contributed by atoms with Crippen molar-refractivity contribution in [3.63, 3.8) is 0 Å². The lowest BCUT2D eigenvalue weighted by molar-refractivity contribution is 0.159. The highest BCUT2D eigenvalue weighted by Gasteiger charge is 2.15. The second-order valence-corrected chi connectivity index (χ2v) is 7.11. The summed E-state index contributed by atoms with van der Waals surface area (Å²) < 4.78 is 24.2. The molecule has 5 heteroatoms. The van der Waals surface area contributed by atoms with Crippen LogP contribution in [-0.4, -0.2) is 50.4 Å². The molecule has 0 heterocycles. The topological polar surface area (TPSA) is 57.6 Å². The van der Waals surface area contributed by atoms with Crippen molar-refractivity contribution < 1.29 is 13.5 Å².